The number of nitrogens with zero attached hydrogens (tertiary/aromatic N) is 1. The van der Waals surface area contributed by atoms with E-state index in [9.17, 15) is 13.5 Å². The molecular formula is C10H22N2O3S. The summed E-state index contributed by atoms with van der Waals surface area (Å²) in [4.78, 5) is 0. The predicted octanol–water partition coefficient (Wildman–Crippen LogP) is 0.324. The molecule has 5 nitrogen and oxygen atoms in total. The van der Waals surface area contributed by atoms with E-state index in [4.69, 9.17) is 0 Å². The van der Waals surface area contributed by atoms with Crippen LogP contribution in [0.4, 0.5) is 0 Å². The summed E-state index contributed by atoms with van der Waals surface area (Å²) < 4.78 is 27.6. The first-order chi connectivity index (χ1) is 7.43. The van der Waals surface area contributed by atoms with Gasteiger partial charge in [0.25, 0.3) is 10.2 Å². The molecule has 1 heterocycles. The highest BCUT2D eigenvalue weighted by Crippen LogP contribution is 2.12. The van der Waals surface area contributed by atoms with Gasteiger partial charge in [0.05, 0.1) is 6.10 Å². The smallest absolute Gasteiger partial charge is 0.279 e. The summed E-state index contributed by atoms with van der Waals surface area (Å²) in [6.45, 7) is 5.00. The molecule has 2 N–H and O–H groups in total. The largest absolute Gasteiger partial charge is 0.391 e. The van der Waals surface area contributed by atoms with Crippen molar-refractivity contribution in [3.8, 4) is 0 Å². The summed E-state index contributed by atoms with van der Waals surface area (Å²) in [6, 6.07) is 0. The van der Waals surface area contributed by atoms with Gasteiger partial charge in [-0.15, -0.1) is 0 Å². The van der Waals surface area contributed by atoms with Crippen molar-refractivity contribution in [2.24, 2.45) is 5.92 Å². The molecule has 1 aliphatic heterocycles. The van der Waals surface area contributed by atoms with E-state index in [1.807, 2.05) is 13.8 Å². The summed E-state index contributed by atoms with van der Waals surface area (Å²) in [5, 5.41) is 9.54. The third-order valence-corrected chi connectivity index (χ3v) is 4.48. The normalized spacial score (nSPS) is 21.2. The first-order valence-electron chi connectivity index (χ1n) is 5.86. The Labute approximate surface area is 98.0 Å². The van der Waals surface area contributed by atoms with Crippen LogP contribution in [0.25, 0.3) is 0 Å². The van der Waals surface area contributed by atoms with Gasteiger partial charge >= 0.3 is 0 Å². The number of aliphatic hydroxyl groups is 1. The number of aliphatic hydroxyl groups excluding tert-OH is 1. The number of hydrogen-bond donors (Lipinski definition) is 2. The zero-order valence-corrected chi connectivity index (χ0v) is 10.8. The van der Waals surface area contributed by atoms with Gasteiger partial charge in [-0.1, -0.05) is 20.3 Å². The topological polar surface area (TPSA) is 69.6 Å². The van der Waals surface area contributed by atoms with Gasteiger partial charge in [0, 0.05) is 19.6 Å². The van der Waals surface area contributed by atoms with E-state index in [1.165, 1.54) is 4.31 Å². The average Bonchev–Trinajstić information content (AvgIpc) is 2.27. The Hall–Kier alpha value is -0.170. The van der Waals surface area contributed by atoms with Crippen molar-refractivity contribution >= 4 is 10.2 Å². The second kappa shape index (κ2) is 5.95. The molecule has 0 aromatic rings. The summed E-state index contributed by atoms with van der Waals surface area (Å²) in [7, 11) is -3.39. The predicted molar refractivity (Wildman–Crippen MR) is 63.2 cm³/mol. The van der Waals surface area contributed by atoms with Crippen LogP contribution in [-0.2, 0) is 10.2 Å². The highest BCUT2D eigenvalue weighted by molar-refractivity contribution is 7.87. The molecule has 0 aromatic carbocycles. The minimum atomic E-state index is -3.39. The van der Waals surface area contributed by atoms with E-state index >= 15 is 0 Å². The third kappa shape index (κ3) is 4.01. The molecule has 1 unspecified atom stereocenters. The van der Waals surface area contributed by atoms with E-state index in [1.54, 1.807) is 0 Å². The van der Waals surface area contributed by atoms with Gasteiger partial charge in [0.15, 0.2) is 0 Å². The van der Waals surface area contributed by atoms with Crippen LogP contribution < -0.4 is 4.72 Å². The minimum absolute atomic E-state index is 0.0593. The van der Waals surface area contributed by atoms with Crippen molar-refractivity contribution in [3.63, 3.8) is 0 Å². The van der Waals surface area contributed by atoms with Crippen LogP contribution in [0, 0.1) is 5.92 Å². The minimum Gasteiger partial charge on any atom is -0.391 e. The molecule has 0 bridgehead atoms. The molecule has 0 radical (unpaired) electrons. The van der Waals surface area contributed by atoms with E-state index in [0.29, 0.717) is 13.1 Å². The summed E-state index contributed by atoms with van der Waals surface area (Å²) in [6.07, 6.45) is 2.32. The first kappa shape index (κ1) is 13.9. The molecule has 1 aliphatic rings. The molecule has 6 heteroatoms. The van der Waals surface area contributed by atoms with Crippen molar-refractivity contribution in [3.05, 3.63) is 0 Å². The highest BCUT2D eigenvalue weighted by Gasteiger charge is 2.24. The molecule has 0 amide bonds. The maximum atomic E-state index is 11.8. The fourth-order valence-electron chi connectivity index (χ4n) is 1.62. The van der Waals surface area contributed by atoms with Crippen LogP contribution in [-0.4, -0.2) is 43.6 Å². The van der Waals surface area contributed by atoms with Gasteiger partial charge in [0.2, 0.25) is 0 Å². The van der Waals surface area contributed by atoms with Crippen LogP contribution in [0.3, 0.4) is 0 Å². The van der Waals surface area contributed by atoms with Crippen LogP contribution in [0.2, 0.25) is 0 Å². The molecule has 0 saturated carbocycles. The van der Waals surface area contributed by atoms with Gasteiger partial charge in [-0.3, -0.25) is 0 Å². The van der Waals surface area contributed by atoms with Crippen molar-refractivity contribution in [2.45, 2.75) is 39.2 Å². The third-order valence-electron chi connectivity index (χ3n) is 2.90. The molecule has 0 aliphatic carbocycles. The Balaban J connectivity index is 2.44. The van der Waals surface area contributed by atoms with Gasteiger partial charge < -0.3 is 5.11 Å². The van der Waals surface area contributed by atoms with Gasteiger partial charge in [-0.05, 0) is 18.8 Å². The SMILES string of the molecule is CC(C)C(O)CNS(=O)(=O)N1CCCCC1. The van der Waals surface area contributed by atoms with Crippen LogP contribution in [0.15, 0.2) is 0 Å². The van der Waals surface area contributed by atoms with E-state index in [2.05, 4.69) is 4.72 Å². The lowest BCUT2D eigenvalue weighted by molar-refractivity contribution is 0.129. The Bertz CT molecular complexity index is 297. The van der Waals surface area contributed by atoms with Gasteiger partial charge in [-0.25, -0.2) is 0 Å². The van der Waals surface area contributed by atoms with Crippen LogP contribution in [0.5, 0.6) is 0 Å². The standard InChI is InChI=1S/C10H22N2O3S/c1-9(2)10(13)8-11-16(14,15)12-6-4-3-5-7-12/h9-11,13H,3-8H2,1-2H3. The van der Waals surface area contributed by atoms with Crippen molar-refractivity contribution < 1.29 is 13.5 Å². The Kier molecular flexibility index (Phi) is 5.17. The fourth-order valence-corrected chi connectivity index (χ4v) is 2.93. The van der Waals surface area contributed by atoms with E-state index in [0.717, 1.165) is 19.3 Å². The first-order valence-corrected chi connectivity index (χ1v) is 7.30. The van der Waals surface area contributed by atoms with Gasteiger partial charge in [0.1, 0.15) is 0 Å². The highest BCUT2D eigenvalue weighted by atomic mass is 32.2. The Morgan fingerprint density at radius 1 is 1.25 bits per heavy atom. The molecule has 1 rings (SSSR count). The fraction of sp³-hybridized carbons (Fsp3) is 1.00. The molecule has 16 heavy (non-hydrogen) atoms. The molecular weight excluding hydrogens is 228 g/mol. The summed E-state index contributed by atoms with van der Waals surface area (Å²) in [5.41, 5.74) is 0. The van der Waals surface area contributed by atoms with E-state index in [-0.39, 0.29) is 12.5 Å². The van der Waals surface area contributed by atoms with Crippen molar-refractivity contribution in [1.82, 2.24) is 9.03 Å². The van der Waals surface area contributed by atoms with Crippen molar-refractivity contribution in [2.75, 3.05) is 19.6 Å². The zero-order valence-electron chi connectivity index (χ0n) is 10.0. The maximum Gasteiger partial charge on any atom is 0.279 e. The Morgan fingerprint density at radius 2 is 1.81 bits per heavy atom. The van der Waals surface area contributed by atoms with Gasteiger partial charge in [-0.2, -0.15) is 17.4 Å². The Morgan fingerprint density at radius 3 is 2.31 bits per heavy atom. The monoisotopic (exact) mass is 250 g/mol. The quantitative estimate of drug-likeness (QED) is 0.738. The lowest BCUT2D eigenvalue weighted by atomic mass is 10.1. The molecule has 0 spiro atoms. The summed E-state index contributed by atoms with van der Waals surface area (Å²) in [5.74, 6) is 0.0593. The molecule has 1 fully saturated rings. The maximum absolute atomic E-state index is 11.8. The lowest BCUT2D eigenvalue weighted by Gasteiger charge is -2.26. The van der Waals surface area contributed by atoms with Crippen molar-refractivity contribution in [1.29, 1.82) is 0 Å². The number of hydrogen-bond acceptors (Lipinski definition) is 3. The number of nitrogens with one attached hydrogen (secondary N) is 1. The molecule has 1 saturated heterocycles. The average molecular weight is 250 g/mol. The number of piperidine rings is 1. The van der Waals surface area contributed by atoms with Crippen LogP contribution in [0.1, 0.15) is 33.1 Å². The zero-order chi connectivity index (χ0) is 12.2. The molecule has 96 valence electrons. The molecule has 0 aromatic heterocycles. The summed E-state index contributed by atoms with van der Waals surface area (Å²) >= 11 is 0. The van der Waals surface area contributed by atoms with Crippen LogP contribution >= 0.6 is 0 Å². The second-order valence-corrected chi connectivity index (χ2v) is 6.38. The second-order valence-electron chi connectivity index (χ2n) is 4.62. The number of rotatable bonds is 5. The lowest BCUT2D eigenvalue weighted by Crippen LogP contribution is -2.46. The molecule has 1 atom stereocenters. The van der Waals surface area contributed by atoms with E-state index < -0.39 is 16.3 Å².